The van der Waals surface area contributed by atoms with Gasteiger partial charge in [-0.1, -0.05) is 30.1 Å². The third kappa shape index (κ3) is 5.11. The Labute approximate surface area is 135 Å². The lowest BCUT2D eigenvalue weighted by molar-refractivity contribution is 0.777. The van der Waals surface area contributed by atoms with E-state index in [2.05, 4.69) is 28.8 Å². The Morgan fingerprint density at radius 1 is 1.45 bits per heavy atom. The lowest BCUT2D eigenvalue weighted by Gasteiger charge is -2.14. The fourth-order valence-corrected chi connectivity index (χ4v) is 2.23. The van der Waals surface area contributed by atoms with Gasteiger partial charge in [0.05, 0.1) is 11.6 Å². The van der Waals surface area contributed by atoms with Gasteiger partial charge in [-0.3, -0.25) is 0 Å². The Bertz CT molecular complexity index is 459. The van der Waals surface area contributed by atoms with Crippen LogP contribution >= 0.6 is 35.0 Å². The van der Waals surface area contributed by atoms with E-state index in [0.717, 1.165) is 24.7 Å². The van der Waals surface area contributed by atoms with Crippen LogP contribution in [0.3, 0.4) is 0 Å². The van der Waals surface area contributed by atoms with Gasteiger partial charge in [0.25, 0.3) is 0 Å². The molecule has 0 saturated heterocycles. The highest BCUT2D eigenvalue weighted by atomic mass is 35.5. The molecule has 0 radical (unpaired) electrons. The van der Waals surface area contributed by atoms with Gasteiger partial charge in [0.1, 0.15) is 5.15 Å². The van der Waals surface area contributed by atoms with Crippen LogP contribution in [0.25, 0.3) is 0 Å². The average Bonchev–Trinajstić information content (AvgIpc) is 2.68. The van der Waals surface area contributed by atoms with Crippen molar-refractivity contribution in [2.24, 2.45) is 12.0 Å². The number of halogens is 2. The second-order valence-corrected chi connectivity index (χ2v) is 6.50. The van der Waals surface area contributed by atoms with Gasteiger partial charge in [-0.2, -0.15) is 11.8 Å². The van der Waals surface area contributed by atoms with Crippen LogP contribution in [0.5, 0.6) is 0 Å². The highest BCUT2D eigenvalue weighted by Crippen LogP contribution is 2.25. The minimum absolute atomic E-state index is 0.534. The zero-order valence-electron chi connectivity index (χ0n) is 12.3. The number of aromatic nitrogens is 1. The average molecular weight is 337 g/mol. The molecule has 1 rings (SSSR count). The summed E-state index contributed by atoms with van der Waals surface area (Å²) in [5, 5.41) is 8.20. The molecule has 0 amide bonds. The highest BCUT2D eigenvalue weighted by molar-refractivity contribution is 7.99. The molecule has 7 heteroatoms. The lowest BCUT2D eigenvalue weighted by atomic mass is 10.4. The van der Waals surface area contributed by atoms with Crippen LogP contribution in [-0.4, -0.2) is 35.1 Å². The number of nitrogens with one attached hydrogen (secondary N) is 2. The Kier molecular flexibility index (Phi) is 7.62. The maximum atomic E-state index is 6.04. The first-order valence-electron chi connectivity index (χ1n) is 6.54. The molecule has 0 spiro atoms. The number of aliphatic imine (C=N–C) groups is 1. The number of thioether (sulfide) groups is 1. The number of rotatable bonds is 6. The van der Waals surface area contributed by atoms with Crippen molar-refractivity contribution >= 4 is 40.9 Å². The molecular weight excluding hydrogens is 315 g/mol. The van der Waals surface area contributed by atoms with E-state index in [1.165, 1.54) is 0 Å². The number of hydrogen-bond donors (Lipinski definition) is 2. The van der Waals surface area contributed by atoms with E-state index >= 15 is 0 Å². The SMILES string of the molecule is CCNC(=NCc1cc(Cl)c(Cl)n1C)NCC(C)SC. The molecule has 1 heterocycles. The molecule has 0 aliphatic rings. The van der Waals surface area contributed by atoms with Crippen LogP contribution in [0.15, 0.2) is 11.1 Å². The maximum Gasteiger partial charge on any atom is 0.191 e. The highest BCUT2D eigenvalue weighted by Gasteiger charge is 2.09. The second kappa shape index (κ2) is 8.70. The molecule has 1 atom stereocenters. The van der Waals surface area contributed by atoms with Gasteiger partial charge in [-0.05, 0) is 19.2 Å². The van der Waals surface area contributed by atoms with E-state index in [1.54, 1.807) is 0 Å². The van der Waals surface area contributed by atoms with E-state index in [1.807, 2.05) is 36.4 Å². The summed E-state index contributed by atoms with van der Waals surface area (Å²) >= 11 is 13.9. The Balaban J connectivity index is 2.68. The van der Waals surface area contributed by atoms with Gasteiger partial charge >= 0.3 is 0 Å². The van der Waals surface area contributed by atoms with E-state index in [-0.39, 0.29) is 0 Å². The molecule has 2 N–H and O–H groups in total. The molecule has 1 aromatic heterocycles. The van der Waals surface area contributed by atoms with E-state index < -0.39 is 0 Å². The molecule has 1 unspecified atom stereocenters. The molecule has 20 heavy (non-hydrogen) atoms. The molecule has 0 saturated carbocycles. The Hall–Kier alpha value is -0.520. The second-order valence-electron chi connectivity index (χ2n) is 4.46. The smallest absolute Gasteiger partial charge is 0.191 e. The van der Waals surface area contributed by atoms with Crippen molar-refractivity contribution in [3.05, 3.63) is 21.9 Å². The molecular formula is C13H22Cl2N4S. The van der Waals surface area contributed by atoms with E-state index in [9.17, 15) is 0 Å². The van der Waals surface area contributed by atoms with Crippen molar-refractivity contribution in [3.63, 3.8) is 0 Å². The predicted molar refractivity (Wildman–Crippen MR) is 91.2 cm³/mol. The van der Waals surface area contributed by atoms with Crippen LogP contribution in [-0.2, 0) is 13.6 Å². The number of hydrogen-bond acceptors (Lipinski definition) is 2. The van der Waals surface area contributed by atoms with Gasteiger partial charge < -0.3 is 15.2 Å². The largest absolute Gasteiger partial charge is 0.357 e. The molecule has 0 aliphatic carbocycles. The van der Waals surface area contributed by atoms with Gasteiger partial charge in [0.15, 0.2) is 5.96 Å². The van der Waals surface area contributed by atoms with Crippen LogP contribution in [0.2, 0.25) is 10.2 Å². The maximum absolute atomic E-state index is 6.04. The monoisotopic (exact) mass is 336 g/mol. The Morgan fingerprint density at radius 3 is 2.65 bits per heavy atom. The zero-order valence-corrected chi connectivity index (χ0v) is 14.7. The molecule has 0 bridgehead atoms. The van der Waals surface area contributed by atoms with Crippen molar-refractivity contribution in [1.29, 1.82) is 0 Å². The summed E-state index contributed by atoms with van der Waals surface area (Å²) in [5.41, 5.74) is 0.982. The van der Waals surface area contributed by atoms with Crippen molar-refractivity contribution < 1.29 is 0 Å². The fourth-order valence-electron chi connectivity index (χ4n) is 1.57. The molecule has 114 valence electrons. The number of guanidine groups is 1. The first-order chi connectivity index (χ1) is 9.49. The Morgan fingerprint density at radius 2 is 2.15 bits per heavy atom. The molecule has 0 aliphatic heterocycles. The zero-order chi connectivity index (χ0) is 15.1. The minimum atomic E-state index is 0.534. The standard InChI is InChI=1S/C13H22Cl2N4S/c1-5-16-13(17-7-9(2)20-4)18-8-10-6-11(14)12(15)19(10)3/h6,9H,5,7-8H2,1-4H3,(H2,16,17,18). The van der Waals surface area contributed by atoms with E-state index in [4.69, 9.17) is 23.2 Å². The molecule has 4 nitrogen and oxygen atoms in total. The third-order valence-electron chi connectivity index (χ3n) is 2.92. The van der Waals surface area contributed by atoms with Crippen LogP contribution < -0.4 is 10.6 Å². The minimum Gasteiger partial charge on any atom is -0.357 e. The van der Waals surface area contributed by atoms with Gasteiger partial charge in [-0.15, -0.1) is 0 Å². The topological polar surface area (TPSA) is 41.4 Å². The van der Waals surface area contributed by atoms with Crippen LogP contribution in [0.4, 0.5) is 0 Å². The van der Waals surface area contributed by atoms with Crippen LogP contribution in [0.1, 0.15) is 19.5 Å². The summed E-state index contributed by atoms with van der Waals surface area (Å²) in [4.78, 5) is 4.55. The summed E-state index contributed by atoms with van der Waals surface area (Å²) in [6.07, 6.45) is 2.10. The predicted octanol–water partition coefficient (Wildman–Crippen LogP) is 3.14. The summed E-state index contributed by atoms with van der Waals surface area (Å²) in [7, 11) is 1.88. The summed E-state index contributed by atoms with van der Waals surface area (Å²) < 4.78 is 1.85. The van der Waals surface area contributed by atoms with Crippen LogP contribution in [0, 0.1) is 0 Å². The normalized spacial score (nSPS) is 13.4. The summed E-state index contributed by atoms with van der Waals surface area (Å²) in [6.45, 7) is 6.46. The van der Waals surface area contributed by atoms with Crippen molar-refractivity contribution in [3.8, 4) is 0 Å². The van der Waals surface area contributed by atoms with Crippen molar-refractivity contribution in [2.75, 3.05) is 19.3 Å². The fraction of sp³-hybridized carbons (Fsp3) is 0.615. The molecule has 1 aromatic rings. The van der Waals surface area contributed by atoms with E-state index in [0.29, 0.717) is 22.0 Å². The van der Waals surface area contributed by atoms with Crippen molar-refractivity contribution in [1.82, 2.24) is 15.2 Å². The van der Waals surface area contributed by atoms with Crippen molar-refractivity contribution in [2.45, 2.75) is 25.6 Å². The summed E-state index contributed by atoms with van der Waals surface area (Å²) in [5.74, 6) is 0.807. The summed E-state index contributed by atoms with van der Waals surface area (Å²) in [6, 6.07) is 1.85. The molecule has 0 aromatic carbocycles. The van der Waals surface area contributed by atoms with Gasteiger partial charge in [0.2, 0.25) is 0 Å². The quantitative estimate of drug-likeness (QED) is 0.619. The van der Waals surface area contributed by atoms with Gasteiger partial charge in [0, 0.05) is 31.1 Å². The third-order valence-corrected chi connectivity index (χ3v) is 4.73. The lowest BCUT2D eigenvalue weighted by Crippen LogP contribution is -2.40. The first kappa shape index (κ1) is 17.5. The number of nitrogens with zero attached hydrogens (tertiary/aromatic N) is 2. The molecule has 0 fully saturated rings. The first-order valence-corrected chi connectivity index (χ1v) is 8.58. The van der Waals surface area contributed by atoms with Gasteiger partial charge in [-0.25, -0.2) is 4.99 Å².